The van der Waals surface area contributed by atoms with Gasteiger partial charge in [-0.2, -0.15) is 0 Å². The number of amides is 1. The van der Waals surface area contributed by atoms with E-state index in [-0.39, 0.29) is 22.3 Å². The Balaban J connectivity index is 1.48. The van der Waals surface area contributed by atoms with Gasteiger partial charge in [0.2, 0.25) is 5.13 Å². The Labute approximate surface area is 249 Å². The average Bonchev–Trinajstić information content (AvgIpc) is 3.55. The molecular formula is C30H25ClFN3O4S2. The Morgan fingerprint density at radius 2 is 1.85 bits per heavy atom. The van der Waals surface area contributed by atoms with Crippen LogP contribution >= 0.6 is 34.7 Å². The lowest BCUT2D eigenvalue weighted by Gasteiger charge is -2.22. The zero-order valence-corrected chi connectivity index (χ0v) is 24.3. The first-order chi connectivity index (χ1) is 19.9. The molecule has 1 saturated heterocycles. The fourth-order valence-corrected chi connectivity index (χ4v) is 6.33. The molecule has 4 aromatic rings. The number of Topliss-reactive ketones (excluding diaryl/α,β-unsaturated/α-hetero) is 1. The molecule has 0 spiro atoms. The topological polar surface area (TPSA) is 92.6 Å². The van der Waals surface area contributed by atoms with E-state index in [1.165, 1.54) is 28.8 Å². The van der Waals surface area contributed by atoms with Gasteiger partial charge in [-0.3, -0.25) is 14.5 Å². The molecule has 5 rings (SSSR count). The Morgan fingerprint density at radius 1 is 1.10 bits per heavy atom. The van der Waals surface area contributed by atoms with Gasteiger partial charge in [0.15, 0.2) is 4.34 Å². The number of aromatic nitrogens is 2. The number of aliphatic hydroxyl groups is 1. The summed E-state index contributed by atoms with van der Waals surface area (Å²) in [7, 11) is 0. The summed E-state index contributed by atoms with van der Waals surface area (Å²) in [5, 5.41) is 20.4. The molecule has 1 N–H and O–H groups in total. The van der Waals surface area contributed by atoms with Crippen molar-refractivity contribution < 1.29 is 23.8 Å². The summed E-state index contributed by atoms with van der Waals surface area (Å²) in [6.45, 7) is 2.65. The van der Waals surface area contributed by atoms with Gasteiger partial charge in [0, 0.05) is 16.3 Å². The summed E-state index contributed by atoms with van der Waals surface area (Å²) in [5.74, 6) is -1.14. The van der Waals surface area contributed by atoms with Crippen LogP contribution in [0.5, 0.6) is 5.75 Å². The second kappa shape index (κ2) is 12.8. The lowest BCUT2D eigenvalue weighted by molar-refractivity contribution is -0.132. The van der Waals surface area contributed by atoms with Crippen LogP contribution in [-0.4, -0.2) is 33.6 Å². The molecule has 2 heterocycles. The number of anilines is 1. The first kappa shape index (κ1) is 28.8. The molecule has 1 aromatic heterocycles. The monoisotopic (exact) mass is 609 g/mol. The van der Waals surface area contributed by atoms with Crippen molar-refractivity contribution in [3.8, 4) is 5.75 Å². The van der Waals surface area contributed by atoms with Crippen molar-refractivity contribution in [3.05, 3.63) is 106 Å². The zero-order valence-electron chi connectivity index (χ0n) is 21.9. The van der Waals surface area contributed by atoms with Crippen LogP contribution in [0.1, 0.15) is 42.5 Å². The first-order valence-electron chi connectivity index (χ1n) is 12.9. The molecule has 3 aromatic carbocycles. The van der Waals surface area contributed by atoms with Crippen LogP contribution in [0.2, 0.25) is 5.02 Å². The van der Waals surface area contributed by atoms with E-state index < -0.39 is 17.7 Å². The van der Waals surface area contributed by atoms with E-state index in [9.17, 15) is 19.1 Å². The minimum Gasteiger partial charge on any atom is -0.507 e. The third kappa shape index (κ3) is 6.45. The average molecular weight is 610 g/mol. The Kier molecular flexibility index (Phi) is 9.02. The highest BCUT2D eigenvalue weighted by molar-refractivity contribution is 8.00. The van der Waals surface area contributed by atoms with Gasteiger partial charge >= 0.3 is 5.91 Å². The van der Waals surface area contributed by atoms with Crippen LogP contribution in [-0.2, 0) is 15.3 Å². The van der Waals surface area contributed by atoms with Crippen LogP contribution in [0.4, 0.5) is 9.52 Å². The van der Waals surface area contributed by atoms with Gasteiger partial charge in [0.25, 0.3) is 5.78 Å². The molecule has 1 aliphatic rings. The van der Waals surface area contributed by atoms with Gasteiger partial charge in [-0.15, -0.1) is 10.2 Å². The number of unbranched alkanes of at least 4 members (excludes halogenated alkanes) is 1. The quantitative estimate of drug-likeness (QED) is 0.0499. The highest BCUT2D eigenvalue weighted by atomic mass is 35.5. The summed E-state index contributed by atoms with van der Waals surface area (Å²) in [4.78, 5) is 28.1. The number of hydrogen-bond acceptors (Lipinski definition) is 8. The maximum absolute atomic E-state index is 13.4. The first-order valence-corrected chi connectivity index (χ1v) is 15.0. The molecule has 7 nitrogen and oxygen atoms in total. The van der Waals surface area contributed by atoms with Crippen molar-refractivity contribution in [2.45, 2.75) is 35.9 Å². The predicted molar refractivity (Wildman–Crippen MR) is 159 cm³/mol. The Morgan fingerprint density at radius 3 is 2.56 bits per heavy atom. The summed E-state index contributed by atoms with van der Waals surface area (Å²) in [6, 6.07) is 18.7. The number of halogens is 2. The molecule has 210 valence electrons. The van der Waals surface area contributed by atoms with Gasteiger partial charge < -0.3 is 9.84 Å². The molecule has 0 saturated carbocycles. The molecule has 11 heteroatoms. The summed E-state index contributed by atoms with van der Waals surface area (Å²) in [5.41, 5.74) is 1.72. The Hall–Kier alpha value is -3.73. The van der Waals surface area contributed by atoms with E-state index in [1.807, 2.05) is 0 Å². The third-order valence-electron chi connectivity index (χ3n) is 6.38. The van der Waals surface area contributed by atoms with Gasteiger partial charge in [0.1, 0.15) is 17.3 Å². The second-order valence-corrected chi connectivity index (χ2v) is 11.8. The van der Waals surface area contributed by atoms with Crippen molar-refractivity contribution in [2.24, 2.45) is 0 Å². The van der Waals surface area contributed by atoms with E-state index in [2.05, 4.69) is 17.1 Å². The maximum atomic E-state index is 13.4. The summed E-state index contributed by atoms with van der Waals surface area (Å²) < 4.78 is 19.5. The summed E-state index contributed by atoms with van der Waals surface area (Å²) >= 11 is 8.81. The van der Waals surface area contributed by atoms with Crippen molar-refractivity contribution >= 4 is 57.3 Å². The number of carbonyl (C=O) groups excluding carboxylic acids is 2. The minimum absolute atomic E-state index is 0.0763. The molecule has 1 aliphatic heterocycles. The molecule has 1 amide bonds. The SMILES string of the molecule is CCCCOc1ccc(C(O)=C2C(=O)C(=O)N(c3nnc(SCc4ccc(F)cc4)s3)[C@H]2c2cccc(Cl)c2)cc1. The van der Waals surface area contributed by atoms with Crippen LogP contribution in [0.15, 0.2) is 82.7 Å². The van der Waals surface area contributed by atoms with E-state index >= 15 is 0 Å². The van der Waals surface area contributed by atoms with Crippen LogP contribution in [0, 0.1) is 5.82 Å². The maximum Gasteiger partial charge on any atom is 0.301 e. The van der Waals surface area contributed by atoms with Crippen LogP contribution in [0.25, 0.3) is 5.76 Å². The fourth-order valence-electron chi connectivity index (χ4n) is 4.30. The van der Waals surface area contributed by atoms with E-state index in [0.29, 0.717) is 38.6 Å². The highest BCUT2D eigenvalue weighted by Crippen LogP contribution is 2.44. The normalized spacial score (nSPS) is 16.4. The third-order valence-corrected chi connectivity index (χ3v) is 8.74. The predicted octanol–water partition coefficient (Wildman–Crippen LogP) is 7.43. The number of ketones is 1. The van der Waals surface area contributed by atoms with Gasteiger partial charge in [-0.05, 0) is 66.1 Å². The van der Waals surface area contributed by atoms with Crippen LogP contribution in [0.3, 0.4) is 0 Å². The molecule has 0 radical (unpaired) electrons. The molecule has 0 unspecified atom stereocenters. The molecule has 1 fully saturated rings. The van der Waals surface area contributed by atoms with Crippen molar-refractivity contribution in [2.75, 3.05) is 11.5 Å². The van der Waals surface area contributed by atoms with Gasteiger partial charge in [-0.25, -0.2) is 4.39 Å². The number of thioether (sulfide) groups is 1. The van der Waals surface area contributed by atoms with Gasteiger partial charge in [0.05, 0.1) is 18.2 Å². The van der Waals surface area contributed by atoms with E-state index in [4.69, 9.17) is 16.3 Å². The standard InChI is InChI=1S/C30H25ClFN3O4S2/c1-2-3-15-39-23-13-9-19(10-14-23)26(36)24-25(20-5-4-6-21(31)16-20)35(28(38)27(24)37)29-33-34-30(41-29)40-17-18-7-11-22(32)12-8-18/h4-14,16,25,36H,2-3,15,17H2,1H3/t25-/m0/s1. The molecule has 41 heavy (non-hydrogen) atoms. The number of aliphatic hydroxyl groups excluding tert-OH is 1. The highest BCUT2D eigenvalue weighted by Gasteiger charge is 2.48. The number of ether oxygens (including phenoxy) is 1. The number of benzene rings is 3. The summed E-state index contributed by atoms with van der Waals surface area (Å²) in [6.07, 6.45) is 1.93. The lowest BCUT2D eigenvalue weighted by Crippen LogP contribution is -2.29. The number of nitrogens with zero attached hydrogens (tertiary/aromatic N) is 3. The molecule has 1 atom stereocenters. The number of rotatable bonds is 10. The van der Waals surface area contributed by atoms with E-state index in [1.54, 1.807) is 60.7 Å². The van der Waals surface area contributed by atoms with E-state index in [0.717, 1.165) is 29.7 Å². The van der Waals surface area contributed by atoms with Crippen molar-refractivity contribution in [1.29, 1.82) is 0 Å². The van der Waals surface area contributed by atoms with Crippen molar-refractivity contribution in [1.82, 2.24) is 10.2 Å². The molecular weight excluding hydrogens is 585 g/mol. The largest absolute Gasteiger partial charge is 0.507 e. The molecule has 0 aliphatic carbocycles. The lowest BCUT2D eigenvalue weighted by atomic mass is 9.95. The van der Waals surface area contributed by atoms with Gasteiger partial charge in [-0.1, -0.05) is 72.3 Å². The minimum atomic E-state index is -0.975. The molecule has 0 bridgehead atoms. The second-order valence-electron chi connectivity index (χ2n) is 9.22. The zero-order chi connectivity index (χ0) is 28.9. The number of hydrogen-bond donors (Lipinski definition) is 1. The smallest absolute Gasteiger partial charge is 0.301 e. The number of carbonyl (C=O) groups is 2. The Bertz CT molecular complexity index is 1590. The van der Waals surface area contributed by atoms with Crippen LogP contribution < -0.4 is 9.64 Å². The van der Waals surface area contributed by atoms with Crippen molar-refractivity contribution in [3.63, 3.8) is 0 Å². The fraction of sp³-hybridized carbons (Fsp3) is 0.200.